The quantitative estimate of drug-likeness (QED) is 0.896. The summed E-state index contributed by atoms with van der Waals surface area (Å²) >= 11 is 0. The van der Waals surface area contributed by atoms with E-state index < -0.39 is 14.6 Å². The zero-order chi connectivity index (χ0) is 14.7. The molecule has 0 saturated heterocycles. The first-order chi connectivity index (χ1) is 8.67. The Morgan fingerprint density at radius 2 is 2.05 bits per heavy atom. The first kappa shape index (κ1) is 15.7. The molecular formula is C14H20N2O2S. The van der Waals surface area contributed by atoms with Gasteiger partial charge in [-0.05, 0) is 38.5 Å². The lowest BCUT2D eigenvalue weighted by Crippen LogP contribution is -2.42. The van der Waals surface area contributed by atoms with Crippen molar-refractivity contribution >= 4 is 9.84 Å². The minimum atomic E-state index is -3.11. The third-order valence-electron chi connectivity index (χ3n) is 3.35. The topological polar surface area (TPSA) is 70.0 Å². The van der Waals surface area contributed by atoms with E-state index >= 15 is 0 Å². The Kier molecular flexibility index (Phi) is 4.72. The van der Waals surface area contributed by atoms with Crippen LogP contribution in [0.15, 0.2) is 24.3 Å². The SMILES string of the molecule is CC(NCC(C)(C)S(C)(=O)=O)c1cccc(C#N)c1. The molecule has 0 bridgehead atoms. The van der Waals surface area contributed by atoms with Gasteiger partial charge in [-0.25, -0.2) is 8.42 Å². The zero-order valence-electron chi connectivity index (χ0n) is 11.8. The summed E-state index contributed by atoms with van der Waals surface area (Å²) in [6.45, 7) is 5.72. The van der Waals surface area contributed by atoms with Crippen molar-refractivity contribution in [3.8, 4) is 6.07 Å². The molecule has 1 atom stereocenters. The van der Waals surface area contributed by atoms with Crippen LogP contribution in [-0.2, 0) is 9.84 Å². The summed E-state index contributed by atoms with van der Waals surface area (Å²) in [5.74, 6) is 0. The summed E-state index contributed by atoms with van der Waals surface area (Å²) in [6.07, 6.45) is 1.25. The first-order valence-electron chi connectivity index (χ1n) is 6.10. The fourth-order valence-corrected chi connectivity index (χ4v) is 1.87. The largest absolute Gasteiger partial charge is 0.309 e. The monoisotopic (exact) mass is 280 g/mol. The summed E-state index contributed by atoms with van der Waals surface area (Å²) in [6, 6.07) is 9.40. The van der Waals surface area contributed by atoms with E-state index in [-0.39, 0.29) is 6.04 Å². The van der Waals surface area contributed by atoms with Gasteiger partial charge in [0.15, 0.2) is 9.84 Å². The van der Waals surface area contributed by atoms with Gasteiger partial charge in [0.05, 0.1) is 16.4 Å². The highest BCUT2D eigenvalue weighted by atomic mass is 32.2. The molecule has 0 aliphatic rings. The maximum atomic E-state index is 11.6. The van der Waals surface area contributed by atoms with E-state index in [1.165, 1.54) is 6.26 Å². The van der Waals surface area contributed by atoms with Gasteiger partial charge in [0.1, 0.15) is 0 Å². The molecule has 0 aliphatic carbocycles. The van der Waals surface area contributed by atoms with E-state index in [0.717, 1.165) is 5.56 Å². The van der Waals surface area contributed by atoms with Crippen molar-refractivity contribution in [2.24, 2.45) is 0 Å². The van der Waals surface area contributed by atoms with Gasteiger partial charge >= 0.3 is 0 Å². The van der Waals surface area contributed by atoms with Gasteiger partial charge in [0.2, 0.25) is 0 Å². The molecule has 1 aromatic rings. The summed E-state index contributed by atoms with van der Waals surface area (Å²) in [5, 5.41) is 12.1. The molecule has 1 unspecified atom stereocenters. The van der Waals surface area contributed by atoms with Crippen molar-refractivity contribution in [1.82, 2.24) is 5.32 Å². The van der Waals surface area contributed by atoms with Crippen molar-refractivity contribution in [2.75, 3.05) is 12.8 Å². The lowest BCUT2D eigenvalue weighted by atomic mass is 10.0. The lowest BCUT2D eigenvalue weighted by molar-refractivity contribution is 0.489. The predicted octanol–water partition coefficient (Wildman–Crippen LogP) is 2.03. The number of rotatable bonds is 5. The van der Waals surface area contributed by atoms with Gasteiger partial charge in [-0.15, -0.1) is 0 Å². The van der Waals surface area contributed by atoms with Gasteiger partial charge in [-0.1, -0.05) is 12.1 Å². The van der Waals surface area contributed by atoms with Crippen LogP contribution >= 0.6 is 0 Å². The third-order valence-corrected chi connectivity index (χ3v) is 5.51. The number of sulfone groups is 1. The maximum absolute atomic E-state index is 11.6. The molecule has 104 valence electrons. The average molecular weight is 280 g/mol. The molecule has 1 aromatic carbocycles. The van der Waals surface area contributed by atoms with Gasteiger partial charge in [0.25, 0.3) is 0 Å². The second kappa shape index (κ2) is 5.72. The molecule has 0 saturated carbocycles. The number of hydrogen-bond acceptors (Lipinski definition) is 4. The normalized spacial score (nSPS) is 13.8. The Morgan fingerprint density at radius 3 is 2.58 bits per heavy atom. The molecule has 0 aromatic heterocycles. The molecule has 0 spiro atoms. The van der Waals surface area contributed by atoms with Crippen molar-refractivity contribution in [3.05, 3.63) is 35.4 Å². The van der Waals surface area contributed by atoms with E-state index in [2.05, 4.69) is 11.4 Å². The molecule has 4 nitrogen and oxygen atoms in total. The highest BCUT2D eigenvalue weighted by Crippen LogP contribution is 2.18. The fraction of sp³-hybridized carbons (Fsp3) is 0.500. The highest BCUT2D eigenvalue weighted by Gasteiger charge is 2.30. The number of nitrogens with one attached hydrogen (secondary N) is 1. The first-order valence-corrected chi connectivity index (χ1v) is 7.99. The number of nitrogens with zero attached hydrogens (tertiary/aromatic N) is 1. The van der Waals surface area contributed by atoms with Crippen molar-refractivity contribution < 1.29 is 8.42 Å². The molecule has 1 rings (SSSR count). The Hall–Kier alpha value is -1.38. The van der Waals surface area contributed by atoms with Crippen molar-refractivity contribution in [1.29, 1.82) is 5.26 Å². The smallest absolute Gasteiger partial charge is 0.153 e. The van der Waals surface area contributed by atoms with Crippen LogP contribution in [0.3, 0.4) is 0 Å². The van der Waals surface area contributed by atoms with Gasteiger partial charge in [-0.3, -0.25) is 0 Å². The molecule has 0 aliphatic heterocycles. The van der Waals surface area contributed by atoms with E-state index in [0.29, 0.717) is 12.1 Å². The van der Waals surface area contributed by atoms with Crippen molar-refractivity contribution in [3.63, 3.8) is 0 Å². The summed E-state index contributed by atoms with van der Waals surface area (Å²) < 4.78 is 22.4. The van der Waals surface area contributed by atoms with E-state index in [9.17, 15) is 8.42 Å². The second-order valence-corrected chi connectivity index (χ2v) is 8.02. The fourth-order valence-electron chi connectivity index (χ4n) is 1.53. The Balaban J connectivity index is 2.76. The predicted molar refractivity (Wildman–Crippen MR) is 76.5 cm³/mol. The lowest BCUT2D eigenvalue weighted by Gasteiger charge is -2.25. The molecule has 5 heteroatoms. The van der Waals surface area contributed by atoms with Gasteiger partial charge in [-0.2, -0.15) is 5.26 Å². The number of nitriles is 1. The molecular weight excluding hydrogens is 260 g/mol. The molecule has 0 fully saturated rings. The molecule has 0 amide bonds. The summed E-state index contributed by atoms with van der Waals surface area (Å²) in [7, 11) is -3.11. The molecule has 19 heavy (non-hydrogen) atoms. The van der Waals surface area contributed by atoms with Gasteiger partial charge < -0.3 is 5.32 Å². The molecule has 0 radical (unpaired) electrons. The highest BCUT2D eigenvalue weighted by molar-refractivity contribution is 7.92. The van der Waals surface area contributed by atoms with Crippen LogP contribution in [0.4, 0.5) is 0 Å². The van der Waals surface area contributed by atoms with Crippen LogP contribution in [-0.4, -0.2) is 26.0 Å². The van der Waals surface area contributed by atoms with Crippen LogP contribution in [0.5, 0.6) is 0 Å². The minimum Gasteiger partial charge on any atom is -0.309 e. The third kappa shape index (κ3) is 4.05. The molecule has 0 heterocycles. The van der Waals surface area contributed by atoms with E-state index in [1.54, 1.807) is 19.9 Å². The van der Waals surface area contributed by atoms with Gasteiger partial charge in [0, 0.05) is 18.8 Å². The Bertz CT molecular complexity index is 586. The van der Waals surface area contributed by atoms with Crippen LogP contribution in [0, 0.1) is 11.3 Å². The van der Waals surface area contributed by atoms with Crippen LogP contribution in [0.25, 0.3) is 0 Å². The van der Waals surface area contributed by atoms with E-state index in [4.69, 9.17) is 5.26 Å². The summed E-state index contributed by atoms with van der Waals surface area (Å²) in [4.78, 5) is 0. The Labute approximate surface area is 115 Å². The van der Waals surface area contributed by atoms with E-state index in [1.807, 2.05) is 25.1 Å². The molecule has 1 N–H and O–H groups in total. The maximum Gasteiger partial charge on any atom is 0.153 e. The number of benzene rings is 1. The average Bonchev–Trinajstić information content (AvgIpc) is 2.34. The summed E-state index contributed by atoms with van der Waals surface area (Å²) in [5.41, 5.74) is 1.58. The zero-order valence-corrected chi connectivity index (χ0v) is 12.6. The van der Waals surface area contributed by atoms with Crippen LogP contribution in [0.2, 0.25) is 0 Å². The second-order valence-electron chi connectivity index (χ2n) is 5.37. The Morgan fingerprint density at radius 1 is 1.42 bits per heavy atom. The van der Waals surface area contributed by atoms with Crippen LogP contribution in [0.1, 0.15) is 37.9 Å². The number of hydrogen-bond donors (Lipinski definition) is 1. The standard InChI is InChI=1S/C14H20N2O2S/c1-11(13-7-5-6-12(8-13)9-15)16-10-14(2,3)19(4,17)18/h5-8,11,16H,10H2,1-4H3. The van der Waals surface area contributed by atoms with Crippen LogP contribution < -0.4 is 5.32 Å². The minimum absolute atomic E-state index is 0.00525. The van der Waals surface area contributed by atoms with Crippen molar-refractivity contribution in [2.45, 2.75) is 31.6 Å².